The van der Waals surface area contributed by atoms with Crippen LogP contribution in [0.4, 0.5) is 10.2 Å². The highest BCUT2D eigenvalue weighted by Crippen LogP contribution is 2.07. The van der Waals surface area contributed by atoms with Gasteiger partial charge in [0, 0.05) is 0 Å². The fraction of sp³-hybridized carbons (Fsp3) is 0.200. The third-order valence-electron chi connectivity index (χ3n) is 2.90. The van der Waals surface area contributed by atoms with Crippen molar-refractivity contribution in [2.75, 3.05) is 5.32 Å². The van der Waals surface area contributed by atoms with Crippen molar-refractivity contribution < 1.29 is 9.18 Å². The van der Waals surface area contributed by atoms with Gasteiger partial charge in [0.25, 0.3) is 0 Å². The number of carbonyl (C=O) groups is 1. The molecule has 0 spiro atoms. The molecule has 1 amide bonds. The predicted molar refractivity (Wildman–Crippen MR) is 75.6 cm³/mol. The summed E-state index contributed by atoms with van der Waals surface area (Å²) < 4.78 is 12.7. The summed E-state index contributed by atoms with van der Waals surface area (Å²) in [5.41, 5.74) is 6.96. The Morgan fingerprint density at radius 2 is 2.00 bits per heavy atom. The topological polar surface area (TPSA) is 68.0 Å². The number of aromatic nitrogens is 1. The molecule has 4 nitrogen and oxygen atoms in total. The van der Waals surface area contributed by atoms with E-state index in [1.165, 1.54) is 12.1 Å². The number of anilines is 1. The quantitative estimate of drug-likeness (QED) is 0.876. The van der Waals surface area contributed by atoms with Crippen molar-refractivity contribution in [3.63, 3.8) is 0 Å². The lowest BCUT2D eigenvalue weighted by Crippen LogP contribution is -2.36. The first kappa shape index (κ1) is 14.1. The SMILES string of the molecule is N[C@@H](CCc1ccccc1)C(=O)Nc1ccc(F)cn1. The summed E-state index contributed by atoms with van der Waals surface area (Å²) in [5.74, 6) is -0.469. The maximum absolute atomic E-state index is 12.7. The molecule has 0 aliphatic heterocycles. The van der Waals surface area contributed by atoms with E-state index < -0.39 is 11.9 Å². The molecular weight excluding hydrogens is 257 g/mol. The van der Waals surface area contributed by atoms with Crippen molar-refractivity contribution >= 4 is 11.7 Å². The van der Waals surface area contributed by atoms with Gasteiger partial charge < -0.3 is 11.1 Å². The van der Waals surface area contributed by atoms with Crippen molar-refractivity contribution in [3.8, 4) is 0 Å². The molecule has 1 aromatic heterocycles. The Bertz CT molecular complexity index is 557. The minimum absolute atomic E-state index is 0.298. The first-order valence-electron chi connectivity index (χ1n) is 6.37. The van der Waals surface area contributed by atoms with Crippen LogP contribution in [0, 0.1) is 5.82 Å². The van der Waals surface area contributed by atoms with E-state index in [1.54, 1.807) is 0 Å². The second kappa shape index (κ2) is 6.77. The second-order valence-corrected chi connectivity index (χ2v) is 4.48. The van der Waals surface area contributed by atoms with Crippen molar-refractivity contribution in [2.45, 2.75) is 18.9 Å². The molecule has 0 unspecified atom stereocenters. The van der Waals surface area contributed by atoms with Crippen LogP contribution in [0.1, 0.15) is 12.0 Å². The van der Waals surface area contributed by atoms with Gasteiger partial charge in [0.1, 0.15) is 11.6 Å². The molecule has 3 N–H and O–H groups in total. The summed E-state index contributed by atoms with van der Waals surface area (Å²) in [5, 5.41) is 2.56. The molecule has 1 aromatic carbocycles. The van der Waals surface area contributed by atoms with Gasteiger partial charge in [-0.05, 0) is 30.5 Å². The third kappa shape index (κ3) is 4.13. The number of hydrogen-bond acceptors (Lipinski definition) is 3. The van der Waals surface area contributed by atoms with E-state index in [2.05, 4.69) is 10.3 Å². The number of carbonyl (C=O) groups excluding carboxylic acids is 1. The van der Waals surface area contributed by atoms with E-state index in [-0.39, 0.29) is 5.91 Å². The Morgan fingerprint density at radius 3 is 2.65 bits per heavy atom. The second-order valence-electron chi connectivity index (χ2n) is 4.48. The summed E-state index contributed by atoms with van der Waals surface area (Å²) in [7, 11) is 0. The van der Waals surface area contributed by atoms with Gasteiger partial charge in [-0.2, -0.15) is 0 Å². The minimum atomic E-state index is -0.623. The number of rotatable bonds is 5. The molecule has 104 valence electrons. The van der Waals surface area contributed by atoms with E-state index >= 15 is 0 Å². The molecule has 5 heteroatoms. The highest BCUT2D eigenvalue weighted by molar-refractivity contribution is 5.93. The lowest BCUT2D eigenvalue weighted by atomic mass is 10.1. The Hall–Kier alpha value is -2.27. The summed E-state index contributed by atoms with van der Waals surface area (Å²) in [4.78, 5) is 15.6. The Balaban J connectivity index is 1.84. The molecule has 20 heavy (non-hydrogen) atoms. The van der Waals surface area contributed by atoms with E-state index in [4.69, 9.17) is 5.73 Å². The van der Waals surface area contributed by atoms with Crippen molar-refractivity contribution in [1.82, 2.24) is 4.98 Å². The fourth-order valence-electron chi connectivity index (χ4n) is 1.77. The molecule has 1 heterocycles. The Morgan fingerprint density at radius 1 is 1.25 bits per heavy atom. The number of nitrogens with two attached hydrogens (primary N) is 1. The highest BCUT2D eigenvalue weighted by atomic mass is 19.1. The number of aryl methyl sites for hydroxylation is 1. The first-order valence-corrected chi connectivity index (χ1v) is 6.37. The first-order chi connectivity index (χ1) is 9.65. The zero-order valence-electron chi connectivity index (χ0n) is 10.9. The molecular formula is C15H16FN3O. The predicted octanol–water partition coefficient (Wildman–Crippen LogP) is 2.12. The molecule has 0 bridgehead atoms. The molecule has 1 atom stereocenters. The molecule has 2 aromatic rings. The van der Waals surface area contributed by atoms with E-state index in [0.717, 1.165) is 18.2 Å². The van der Waals surface area contributed by atoms with Crippen LogP contribution in [0.2, 0.25) is 0 Å². The molecule has 0 aliphatic carbocycles. The fourth-order valence-corrected chi connectivity index (χ4v) is 1.77. The largest absolute Gasteiger partial charge is 0.320 e. The number of nitrogens with one attached hydrogen (secondary N) is 1. The normalized spacial score (nSPS) is 11.9. The maximum Gasteiger partial charge on any atom is 0.242 e. The van der Waals surface area contributed by atoms with Gasteiger partial charge in [0.15, 0.2) is 0 Å². The number of nitrogens with zero attached hydrogens (tertiary/aromatic N) is 1. The molecule has 0 saturated carbocycles. The van der Waals surface area contributed by atoms with Gasteiger partial charge >= 0.3 is 0 Å². The molecule has 0 saturated heterocycles. The summed E-state index contributed by atoms with van der Waals surface area (Å²) >= 11 is 0. The number of pyridine rings is 1. The van der Waals surface area contributed by atoms with Gasteiger partial charge in [-0.1, -0.05) is 30.3 Å². The molecule has 2 rings (SSSR count). The van der Waals surface area contributed by atoms with Crippen molar-refractivity contribution in [1.29, 1.82) is 0 Å². The third-order valence-corrected chi connectivity index (χ3v) is 2.90. The van der Waals surface area contributed by atoms with Gasteiger partial charge in [-0.3, -0.25) is 4.79 Å². The average Bonchev–Trinajstić information content (AvgIpc) is 2.48. The molecule has 0 aliphatic rings. The van der Waals surface area contributed by atoms with Crippen LogP contribution in [0.25, 0.3) is 0 Å². The van der Waals surface area contributed by atoms with Crippen LogP contribution >= 0.6 is 0 Å². The lowest BCUT2D eigenvalue weighted by Gasteiger charge is -2.11. The summed E-state index contributed by atoms with van der Waals surface area (Å²) in [6.45, 7) is 0. The maximum atomic E-state index is 12.7. The highest BCUT2D eigenvalue weighted by Gasteiger charge is 2.14. The van der Waals surface area contributed by atoms with E-state index in [0.29, 0.717) is 12.2 Å². The monoisotopic (exact) mass is 273 g/mol. The number of benzene rings is 1. The van der Waals surface area contributed by atoms with Crippen LogP contribution in [0.5, 0.6) is 0 Å². The van der Waals surface area contributed by atoms with E-state index in [9.17, 15) is 9.18 Å². The van der Waals surface area contributed by atoms with Crippen molar-refractivity contribution in [3.05, 3.63) is 60.0 Å². The number of halogens is 1. The minimum Gasteiger partial charge on any atom is -0.320 e. The zero-order valence-corrected chi connectivity index (χ0v) is 10.9. The van der Waals surface area contributed by atoms with Crippen LogP contribution in [-0.4, -0.2) is 16.9 Å². The lowest BCUT2D eigenvalue weighted by molar-refractivity contribution is -0.117. The van der Waals surface area contributed by atoms with Crippen molar-refractivity contribution in [2.24, 2.45) is 5.73 Å². The summed E-state index contributed by atoms with van der Waals surface area (Å²) in [6.07, 6.45) is 2.31. The van der Waals surface area contributed by atoms with E-state index in [1.807, 2.05) is 30.3 Å². The van der Waals surface area contributed by atoms with Gasteiger partial charge in [-0.15, -0.1) is 0 Å². The number of hydrogen-bond donors (Lipinski definition) is 2. The van der Waals surface area contributed by atoms with Gasteiger partial charge in [0.2, 0.25) is 5.91 Å². The smallest absolute Gasteiger partial charge is 0.242 e. The van der Waals surface area contributed by atoms with Crippen LogP contribution in [-0.2, 0) is 11.2 Å². The standard InChI is InChI=1S/C15H16FN3O/c16-12-7-9-14(18-10-12)19-15(20)13(17)8-6-11-4-2-1-3-5-11/h1-5,7,9-10,13H,6,8,17H2,(H,18,19,20)/t13-/m0/s1. The van der Waals surface area contributed by atoms with Crippen LogP contribution in [0.15, 0.2) is 48.7 Å². The molecule has 0 fully saturated rings. The Labute approximate surface area is 116 Å². The number of amides is 1. The molecule has 0 radical (unpaired) electrons. The van der Waals surface area contributed by atoms with Crippen LogP contribution < -0.4 is 11.1 Å². The van der Waals surface area contributed by atoms with Gasteiger partial charge in [0.05, 0.1) is 12.2 Å². The van der Waals surface area contributed by atoms with Crippen LogP contribution in [0.3, 0.4) is 0 Å². The van der Waals surface area contributed by atoms with Gasteiger partial charge in [-0.25, -0.2) is 9.37 Å². The zero-order chi connectivity index (χ0) is 14.4. The summed E-state index contributed by atoms with van der Waals surface area (Å²) in [6, 6.07) is 11.8. The Kier molecular flexibility index (Phi) is 4.79. The average molecular weight is 273 g/mol.